The predicted octanol–water partition coefficient (Wildman–Crippen LogP) is 3.40. The molecule has 28 heavy (non-hydrogen) atoms. The summed E-state index contributed by atoms with van der Waals surface area (Å²) in [5.74, 6) is 2.44. The molecule has 7 heteroatoms. The van der Waals surface area contributed by atoms with Crippen LogP contribution in [0.2, 0.25) is 0 Å². The van der Waals surface area contributed by atoms with Crippen molar-refractivity contribution < 1.29 is 9.47 Å². The number of rotatable bonds is 11. The summed E-state index contributed by atoms with van der Waals surface area (Å²) >= 11 is 0. The molecule has 0 saturated heterocycles. The van der Waals surface area contributed by atoms with E-state index in [1.54, 1.807) is 7.05 Å². The van der Waals surface area contributed by atoms with Crippen LogP contribution in [0, 0.1) is 5.41 Å². The van der Waals surface area contributed by atoms with E-state index in [2.05, 4.69) is 60.6 Å². The van der Waals surface area contributed by atoms with Crippen LogP contribution in [0.4, 0.5) is 0 Å². The molecule has 6 nitrogen and oxygen atoms in total. The van der Waals surface area contributed by atoms with E-state index in [1.807, 2.05) is 19.9 Å². The van der Waals surface area contributed by atoms with Gasteiger partial charge in [-0.2, -0.15) is 0 Å². The van der Waals surface area contributed by atoms with Crippen LogP contribution in [-0.2, 0) is 6.42 Å². The Morgan fingerprint density at radius 1 is 1.07 bits per heavy atom. The van der Waals surface area contributed by atoms with Gasteiger partial charge in [0.15, 0.2) is 17.5 Å². The van der Waals surface area contributed by atoms with E-state index >= 15 is 0 Å². The van der Waals surface area contributed by atoms with Crippen LogP contribution in [0.15, 0.2) is 23.2 Å². The fraction of sp³-hybridized carbons (Fsp3) is 0.667. The van der Waals surface area contributed by atoms with Crippen LogP contribution in [0.25, 0.3) is 0 Å². The maximum absolute atomic E-state index is 5.70. The predicted molar refractivity (Wildman–Crippen MR) is 130 cm³/mol. The highest BCUT2D eigenvalue weighted by Gasteiger charge is 2.19. The highest BCUT2D eigenvalue weighted by atomic mass is 127. The first-order chi connectivity index (χ1) is 12.8. The van der Waals surface area contributed by atoms with E-state index in [0.29, 0.717) is 13.2 Å². The summed E-state index contributed by atoms with van der Waals surface area (Å²) in [4.78, 5) is 6.53. The van der Waals surface area contributed by atoms with Crippen LogP contribution in [0.1, 0.15) is 33.3 Å². The van der Waals surface area contributed by atoms with E-state index < -0.39 is 0 Å². The van der Waals surface area contributed by atoms with Crippen molar-refractivity contribution in [2.75, 3.05) is 54.0 Å². The minimum Gasteiger partial charge on any atom is -0.490 e. The van der Waals surface area contributed by atoms with Gasteiger partial charge in [-0.3, -0.25) is 4.99 Å². The molecule has 0 bridgehead atoms. The van der Waals surface area contributed by atoms with Gasteiger partial charge in [-0.25, -0.2) is 0 Å². The molecule has 0 fully saturated rings. The Kier molecular flexibility index (Phi) is 13.3. The smallest absolute Gasteiger partial charge is 0.191 e. The molecule has 0 spiro atoms. The van der Waals surface area contributed by atoms with E-state index in [0.717, 1.165) is 43.5 Å². The first-order valence-corrected chi connectivity index (χ1v) is 9.79. The van der Waals surface area contributed by atoms with Crippen LogP contribution in [-0.4, -0.2) is 64.9 Å². The van der Waals surface area contributed by atoms with Gasteiger partial charge in [0.25, 0.3) is 0 Å². The van der Waals surface area contributed by atoms with E-state index in [9.17, 15) is 0 Å². The lowest BCUT2D eigenvalue weighted by atomic mass is 9.93. The number of ether oxygens (including phenoxy) is 2. The van der Waals surface area contributed by atoms with Gasteiger partial charge in [0, 0.05) is 26.7 Å². The summed E-state index contributed by atoms with van der Waals surface area (Å²) in [6, 6.07) is 6.14. The Bertz CT molecular complexity index is 592. The number of benzene rings is 1. The van der Waals surface area contributed by atoms with Gasteiger partial charge in [-0.15, -0.1) is 24.0 Å². The number of nitrogens with one attached hydrogen (secondary N) is 2. The molecule has 1 rings (SSSR count). The molecule has 0 aromatic heterocycles. The van der Waals surface area contributed by atoms with E-state index in [4.69, 9.17) is 9.47 Å². The quantitative estimate of drug-likeness (QED) is 0.274. The van der Waals surface area contributed by atoms with Crippen molar-refractivity contribution in [2.45, 2.75) is 34.1 Å². The molecule has 162 valence electrons. The Balaban J connectivity index is 0.00000729. The standard InChI is InChI=1S/C21H38N4O2.HI/c1-8-26-18-11-10-17(14-19(18)27-9-2)12-13-23-20(22-5)24-15-21(3,4)16-25(6)7;/h10-11,14H,8-9,12-13,15-16H2,1-7H3,(H2,22,23,24);1H. The first kappa shape index (κ1) is 26.8. The number of guanidine groups is 1. The Labute approximate surface area is 188 Å². The van der Waals surface area contributed by atoms with Gasteiger partial charge < -0.3 is 25.0 Å². The normalized spacial score (nSPS) is 11.8. The molecule has 0 saturated carbocycles. The fourth-order valence-corrected chi connectivity index (χ4v) is 3.03. The highest BCUT2D eigenvalue weighted by Crippen LogP contribution is 2.28. The van der Waals surface area contributed by atoms with Gasteiger partial charge >= 0.3 is 0 Å². The number of aliphatic imine (C=N–C) groups is 1. The molecule has 0 aliphatic heterocycles. The number of nitrogens with zero attached hydrogens (tertiary/aromatic N) is 2. The zero-order valence-corrected chi connectivity index (χ0v) is 20.9. The second-order valence-electron chi connectivity index (χ2n) is 7.65. The SMILES string of the molecule is CCOc1ccc(CCNC(=NC)NCC(C)(C)CN(C)C)cc1OCC.I. The molecule has 0 atom stereocenters. The maximum atomic E-state index is 5.70. The van der Waals surface area contributed by atoms with Crippen molar-refractivity contribution in [1.29, 1.82) is 0 Å². The second-order valence-corrected chi connectivity index (χ2v) is 7.65. The van der Waals surface area contributed by atoms with Crippen molar-refractivity contribution in [3.8, 4) is 11.5 Å². The van der Waals surface area contributed by atoms with Crippen molar-refractivity contribution >= 4 is 29.9 Å². The zero-order chi connectivity index (χ0) is 20.3. The number of hydrogen-bond acceptors (Lipinski definition) is 4. The number of halogens is 1. The first-order valence-electron chi connectivity index (χ1n) is 9.79. The molecular formula is C21H39IN4O2. The molecule has 0 radical (unpaired) electrons. The highest BCUT2D eigenvalue weighted by molar-refractivity contribution is 14.0. The summed E-state index contributed by atoms with van der Waals surface area (Å²) in [6.07, 6.45) is 0.883. The summed E-state index contributed by atoms with van der Waals surface area (Å²) in [5, 5.41) is 6.81. The van der Waals surface area contributed by atoms with Crippen molar-refractivity contribution in [1.82, 2.24) is 15.5 Å². The topological polar surface area (TPSA) is 58.1 Å². The fourth-order valence-electron chi connectivity index (χ4n) is 3.03. The average molecular weight is 506 g/mol. The summed E-state index contributed by atoms with van der Waals surface area (Å²) in [7, 11) is 6.00. The van der Waals surface area contributed by atoms with Gasteiger partial charge in [-0.05, 0) is 57.5 Å². The zero-order valence-electron chi connectivity index (χ0n) is 18.6. The molecule has 0 aliphatic carbocycles. The molecule has 2 N–H and O–H groups in total. The summed E-state index contributed by atoms with van der Waals surface area (Å²) in [6.45, 7) is 12.4. The maximum Gasteiger partial charge on any atom is 0.191 e. The lowest BCUT2D eigenvalue weighted by Gasteiger charge is -2.29. The molecule has 0 amide bonds. The Hall–Kier alpha value is -1.22. The van der Waals surface area contributed by atoms with Crippen LogP contribution in [0.5, 0.6) is 11.5 Å². The summed E-state index contributed by atoms with van der Waals surface area (Å²) in [5.41, 5.74) is 1.38. The molecule has 0 heterocycles. The van der Waals surface area contributed by atoms with Crippen molar-refractivity contribution in [2.24, 2.45) is 10.4 Å². The molecule has 0 aliphatic rings. The third-order valence-corrected chi connectivity index (χ3v) is 4.02. The second kappa shape index (κ2) is 13.9. The third kappa shape index (κ3) is 10.4. The van der Waals surface area contributed by atoms with Gasteiger partial charge in [0.1, 0.15) is 0 Å². The van der Waals surface area contributed by atoms with Crippen LogP contribution >= 0.6 is 24.0 Å². The minimum absolute atomic E-state index is 0. The van der Waals surface area contributed by atoms with E-state index in [-0.39, 0.29) is 29.4 Å². The van der Waals surface area contributed by atoms with Gasteiger partial charge in [0.2, 0.25) is 0 Å². The lowest BCUT2D eigenvalue weighted by molar-refractivity contribution is 0.241. The summed E-state index contributed by atoms with van der Waals surface area (Å²) < 4.78 is 11.3. The molecule has 1 aromatic rings. The molecular weight excluding hydrogens is 467 g/mol. The van der Waals surface area contributed by atoms with Gasteiger partial charge in [0.05, 0.1) is 13.2 Å². The van der Waals surface area contributed by atoms with Crippen LogP contribution in [0.3, 0.4) is 0 Å². The van der Waals surface area contributed by atoms with Crippen LogP contribution < -0.4 is 20.1 Å². The average Bonchev–Trinajstić information content (AvgIpc) is 2.59. The van der Waals surface area contributed by atoms with Gasteiger partial charge in [-0.1, -0.05) is 19.9 Å². The van der Waals surface area contributed by atoms with Crippen molar-refractivity contribution in [3.05, 3.63) is 23.8 Å². The van der Waals surface area contributed by atoms with E-state index in [1.165, 1.54) is 5.56 Å². The van der Waals surface area contributed by atoms with Crippen molar-refractivity contribution in [3.63, 3.8) is 0 Å². The Morgan fingerprint density at radius 2 is 1.71 bits per heavy atom. The molecule has 1 aromatic carbocycles. The minimum atomic E-state index is 0. The monoisotopic (exact) mass is 506 g/mol. The number of hydrogen-bond donors (Lipinski definition) is 2. The largest absolute Gasteiger partial charge is 0.490 e. The molecule has 0 unspecified atom stereocenters. The lowest BCUT2D eigenvalue weighted by Crippen LogP contribution is -2.45. The third-order valence-electron chi connectivity index (χ3n) is 4.02. The Morgan fingerprint density at radius 3 is 2.29 bits per heavy atom.